The number of nitrogens with zero attached hydrogens (tertiary/aromatic N) is 5. The summed E-state index contributed by atoms with van der Waals surface area (Å²) in [6.45, 7) is -0.905. The Labute approximate surface area is 175 Å². The highest BCUT2D eigenvalue weighted by atomic mass is 19.2. The van der Waals surface area contributed by atoms with Gasteiger partial charge in [0.2, 0.25) is 0 Å². The number of anilines is 1. The lowest BCUT2D eigenvalue weighted by Gasteiger charge is -2.08. The van der Waals surface area contributed by atoms with Crippen LogP contribution < -0.4 is 11.1 Å². The van der Waals surface area contributed by atoms with Gasteiger partial charge in [-0.15, -0.1) is 5.10 Å². The monoisotopic (exact) mass is 448 g/mol. The van der Waals surface area contributed by atoms with Gasteiger partial charge in [-0.1, -0.05) is 0 Å². The van der Waals surface area contributed by atoms with Crippen molar-refractivity contribution >= 4 is 11.7 Å². The number of pyridine rings is 1. The van der Waals surface area contributed by atoms with Crippen LogP contribution in [0.25, 0.3) is 17.3 Å². The van der Waals surface area contributed by atoms with Crippen LogP contribution in [0.4, 0.5) is 23.4 Å². The number of aryl methyl sites for hydroxylation is 1. The molecule has 0 saturated heterocycles. The van der Waals surface area contributed by atoms with Crippen molar-refractivity contribution in [3.05, 3.63) is 75.8 Å². The van der Waals surface area contributed by atoms with E-state index in [2.05, 4.69) is 20.5 Å². The number of carbonyl (C=O) groups excluding carboxylic acids is 1. The van der Waals surface area contributed by atoms with Gasteiger partial charge in [0.1, 0.15) is 18.3 Å². The number of amides is 1. The molecular weight excluding hydrogens is 436 g/mol. The molecule has 0 aliphatic rings. The van der Waals surface area contributed by atoms with Gasteiger partial charge in [0.25, 0.3) is 11.8 Å². The molecule has 3 aromatic heterocycles. The SMILES string of the molecule is Cn1nc(-c2cc(CF)n(-c3ccc(NC(=O)c4cc(F)c(F)cc4F)nc3)n2)oc1=O. The molecule has 0 aliphatic carbocycles. The third-order valence-electron chi connectivity index (χ3n) is 4.32. The van der Waals surface area contributed by atoms with Gasteiger partial charge in [0.05, 0.1) is 23.1 Å². The van der Waals surface area contributed by atoms with E-state index >= 15 is 0 Å². The predicted molar refractivity (Wildman–Crippen MR) is 101 cm³/mol. The zero-order chi connectivity index (χ0) is 23.0. The smallest absolute Gasteiger partial charge is 0.386 e. The summed E-state index contributed by atoms with van der Waals surface area (Å²) in [7, 11) is 1.38. The molecule has 13 heteroatoms. The Kier molecular flexibility index (Phi) is 5.30. The summed E-state index contributed by atoms with van der Waals surface area (Å²) in [5.41, 5.74) is -0.195. The van der Waals surface area contributed by atoms with Gasteiger partial charge in [-0.3, -0.25) is 4.79 Å². The Balaban J connectivity index is 1.58. The molecule has 0 saturated carbocycles. The third-order valence-corrected chi connectivity index (χ3v) is 4.32. The second-order valence-electron chi connectivity index (χ2n) is 6.47. The van der Waals surface area contributed by atoms with E-state index in [4.69, 9.17) is 4.42 Å². The summed E-state index contributed by atoms with van der Waals surface area (Å²) < 4.78 is 60.6. The molecule has 1 N–H and O–H groups in total. The van der Waals surface area contributed by atoms with E-state index < -0.39 is 41.4 Å². The molecule has 0 atom stereocenters. The number of aromatic nitrogens is 5. The van der Waals surface area contributed by atoms with Crippen molar-refractivity contribution in [3.63, 3.8) is 0 Å². The standard InChI is InChI=1S/C19H12F4N6O3/c1-28-19(31)32-18(27-28)15-4-10(7-20)29(26-15)9-2-3-16(24-8-9)25-17(30)11-5-13(22)14(23)6-12(11)21/h2-6,8H,7H2,1H3,(H,24,25,30). The van der Waals surface area contributed by atoms with Gasteiger partial charge < -0.3 is 9.73 Å². The summed E-state index contributed by atoms with van der Waals surface area (Å²) in [4.78, 5) is 27.6. The van der Waals surface area contributed by atoms with Crippen LogP contribution in [-0.4, -0.2) is 30.5 Å². The van der Waals surface area contributed by atoms with Gasteiger partial charge in [-0.05, 0) is 24.3 Å². The minimum atomic E-state index is -1.42. The van der Waals surface area contributed by atoms with Crippen LogP contribution in [0.3, 0.4) is 0 Å². The van der Waals surface area contributed by atoms with Crippen molar-refractivity contribution in [1.82, 2.24) is 24.5 Å². The maximum Gasteiger partial charge on any atom is 0.437 e. The molecule has 1 amide bonds. The van der Waals surface area contributed by atoms with Crippen LogP contribution in [-0.2, 0) is 13.7 Å². The molecule has 0 bridgehead atoms. The summed E-state index contributed by atoms with van der Waals surface area (Å²) in [6.07, 6.45) is 1.24. The van der Waals surface area contributed by atoms with Crippen LogP contribution in [0.1, 0.15) is 16.1 Å². The van der Waals surface area contributed by atoms with Crippen molar-refractivity contribution in [2.75, 3.05) is 5.32 Å². The number of hydrogen-bond acceptors (Lipinski definition) is 6. The number of alkyl halides is 1. The third kappa shape index (κ3) is 3.87. The van der Waals surface area contributed by atoms with Gasteiger partial charge >= 0.3 is 5.76 Å². The minimum absolute atomic E-state index is 0.0345. The zero-order valence-electron chi connectivity index (χ0n) is 16.1. The highest BCUT2D eigenvalue weighted by molar-refractivity contribution is 6.03. The van der Waals surface area contributed by atoms with E-state index in [0.29, 0.717) is 11.8 Å². The number of benzene rings is 1. The molecule has 3 heterocycles. The van der Waals surface area contributed by atoms with E-state index in [1.807, 2.05) is 0 Å². The Morgan fingerprint density at radius 2 is 1.84 bits per heavy atom. The second kappa shape index (κ2) is 8.09. The van der Waals surface area contributed by atoms with E-state index in [1.165, 1.54) is 36.1 Å². The number of hydrogen-bond donors (Lipinski definition) is 1. The predicted octanol–water partition coefficient (Wildman–Crippen LogP) is 2.76. The van der Waals surface area contributed by atoms with Gasteiger partial charge in [-0.25, -0.2) is 32.0 Å². The number of rotatable bonds is 5. The molecule has 0 fully saturated rings. The largest absolute Gasteiger partial charge is 0.437 e. The normalized spacial score (nSPS) is 11.0. The van der Waals surface area contributed by atoms with Crippen LogP contribution >= 0.6 is 0 Å². The lowest BCUT2D eigenvalue weighted by atomic mass is 10.2. The Morgan fingerprint density at radius 1 is 1.09 bits per heavy atom. The first-order valence-electron chi connectivity index (χ1n) is 8.88. The summed E-state index contributed by atoms with van der Waals surface area (Å²) in [5.74, 6) is -5.93. The van der Waals surface area contributed by atoms with Crippen molar-refractivity contribution in [1.29, 1.82) is 0 Å². The first-order valence-corrected chi connectivity index (χ1v) is 8.88. The van der Waals surface area contributed by atoms with Gasteiger partial charge in [0, 0.05) is 13.1 Å². The first kappa shape index (κ1) is 21.0. The molecule has 164 valence electrons. The molecule has 0 spiro atoms. The summed E-state index contributed by atoms with van der Waals surface area (Å²) in [6, 6.07) is 4.78. The van der Waals surface area contributed by atoms with Gasteiger partial charge in [-0.2, -0.15) is 9.78 Å². The summed E-state index contributed by atoms with van der Waals surface area (Å²) in [5, 5.41) is 10.3. The van der Waals surface area contributed by atoms with Gasteiger partial charge in [0.15, 0.2) is 17.3 Å². The van der Waals surface area contributed by atoms with Crippen LogP contribution in [0.15, 0.2) is 45.7 Å². The first-order chi connectivity index (χ1) is 15.3. The van der Waals surface area contributed by atoms with Crippen molar-refractivity contribution < 1.29 is 26.8 Å². The maximum absolute atomic E-state index is 13.8. The minimum Gasteiger partial charge on any atom is -0.386 e. The fourth-order valence-electron chi connectivity index (χ4n) is 2.76. The Hall–Kier alpha value is -4.29. The molecule has 4 aromatic rings. The van der Waals surface area contributed by atoms with E-state index in [1.54, 1.807) is 0 Å². The number of nitrogens with one attached hydrogen (secondary N) is 1. The fourth-order valence-corrected chi connectivity index (χ4v) is 2.76. The molecule has 4 rings (SSSR count). The molecule has 9 nitrogen and oxygen atoms in total. The number of halogens is 4. The average Bonchev–Trinajstić information content (AvgIpc) is 3.34. The Morgan fingerprint density at radius 3 is 2.47 bits per heavy atom. The molecule has 32 heavy (non-hydrogen) atoms. The molecular formula is C19H12F4N6O3. The fraction of sp³-hybridized carbons (Fsp3) is 0.105. The van der Waals surface area contributed by atoms with Crippen molar-refractivity contribution in [3.8, 4) is 17.3 Å². The number of carbonyl (C=O) groups is 1. The second-order valence-corrected chi connectivity index (χ2v) is 6.47. The highest BCUT2D eigenvalue weighted by Crippen LogP contribution is 2.21. The van der Waals surface area contributed by atoms with Crippen LogP contribution in [0.2, 0.25) is 0 Å². The molecule has 1 aromatic carbocycles. The lowest BCUT2D eigenvalue weighted by Crippen LogP contribution is -2.15. The molecule has 0 aliphatic heterocycles. The van der Waals surface area contributed by atoms with Crippen LogP contribution in [0.5, 0.6) is 0 Å². The average molecular weight is 448 g/mol. The van der Waals surface area contributed by atoms with E-state index in [0.717, 1.165) is 4.68 Å². The van der Waals surface area contributed by atoms with E-state index in [9.17, 15) is 27.2 Å². The van der Waals surface area contributed by atoms with Crippen molar-refractivity contribution in [2.45, 2.75) is 6.67 Å². The zero-order valence-corrected chi connectivity index (χ0v) is 16.1. The molecule has 0 radical (unpaired) electrons. The Bertz CT molecular complexity index is 1380. The quantitative estimate of drug-likeness (QED) is 0.372. The lowest BCUT2D eigenvalue weighted by molar-refractivity contribution is 0.102. The van der Waals surface area contributed by atoms with Crippen LogP contribution in [0, 0.1) is 17.5 Å². The highest BCUT2D eigenvalue weighted by Gasteiger charge is 2.18. The van der Waals surface area contributed by atoms with E-state index in [-0.39, 0.29) is 29.2 Å². The summed E-state index contributed by atoms with van der Waals surface area (Å²) >= 11 is 0. The maximum atomic E-state index is 13.8. The van der Waals surface area contributed by atoms with Crippen molar-refractivity contribution in [2.24, 2.45) is 7.05 Å². The molecule has 0 unspecified atom stereocenters. The topological polar surface area (TPSA) is 108 Å².